The van der Waals surface area contributed by atoms with E-state index in [1.807, 2.05) is 31.2 Å². The molecule has 1 aliphatic heterocycles. The molecule has 4 nitrogen and oxygen atoms in total. The molecule has 0 aromatic heterocycles. The number of nitrogens with zero attached hydrogens (tertiary/aromatic N) is 2. The van der Waals surface area contributed by atoms with Crippen molar-refractivity contribution in [1.82, 2.24) is 4.90 Å². The smallest absolute Gasteiger partial charge is 0.310 e. The van der Waals surface area contributed by atoms with Crippen molar-refractivity contribution in [3.63, 3.8) is 0 Å². The zero-order valence-corrected chi connectivity index (χ0v) is 15.9. The lowest BCUT2D eigenvalue weighted by Gasteiger charge is -2.36. The molecule has 3 rings (SSSR count). The van der Waals surface area contributed by atoms with Gasteiger partial charge in [-0.3, -0.25) is 9.69 Å². The normalized spacial score (nSPS) is 15.1. The van der Waals surface area contributed by atoms with Crippen LogP contribution in [-0.4, -0.2) is 43.7 Å². The molecule has 26 heavy (non-hydrogen) atoms. The minimum Gasteiger partial charge on any atom is -0.466 e. The van der Waals surface area contributed by atoms with Gasteiger partial charge in [-0.15, -0.1) is 0 Å². The zero-order valence-electron chi connectivity index (χ0n) is 15.2. The van der Waals surface area contributed by atoms with E-state index in [4.69, 9.17) is 16.3 Å². The molecule has 1 fully saturated rings. The molecule has 1 aliphatic rings. The summed E-state index contributed by atoms with van der Waals surface area (Å²) in [6, 6.07) is 16.3. The Morgan fingerprint density at radius 2 is 1.58 bits per heavy atom. The number of hydrogen-bond donors (Lipinski definition) is 0. The molecule has 0 atom stereocenters. The lowest BCUT2D eigenvalue weighted by atomic mass is 10.1. The Bertz CT molecular complexity index is 708. The van der Waals surface area contributed by atoms with Gasteiger partial charge in [-0.2, -0.15) is 0 Å². The molecule has 0 aliphatic carbocycles. The molecule has 2 aromatic rings. The minimum absolute atomic E-state index is 0.170. The van der Waals surface area contributed by atoms with Gasteiger partial charge < -0.3 is 9.64 Å². The van der Waals surface area contributed by atoms with Crippen LogP contribution in [0.4, 0.5) is 5.69 Å². The SMILES string of the molecule is CCOC(=O)Cc1ccc(N2CCN(Cc3ccc(Cl)cc3)CC2)cc1. The van der Waals surface area contributed by atoms with Gasteiger partial charge in [0.05, 0.1) is 13.0 Å². The fraction of sp³-hybridized carbons (Fsp3) is 0.381. The van der Waals surface area contributed by atoms with E-state index in [9.17, 15) is 4.79 Å². The van der Waals surface area contributed by atoms with Gasteiger partial charge in [0.2, 0.25) is 0 Å². The second kappa shape index (κ2) is 9.06. The van der Waals surface area contributed by atoms with Crippen LogP contribution in [0.1, 0.15) is 18.1 Å². The van der Waals surface area contributed by atoms with Gasteiger partial charge in [0.15, 0.2) is 0 Å². The molecule has 1 heterocycles. The fourth-order valence-electron chi connectivity index (χ4n) is 3.22. The van der Waals surface area contributed by atoms with E-state index in [1.54, 1.807) is 0 Å². The molecule has 0 amide bonds. The van der Waals surface area contributed by atoms with Crippen molar-refractivity contribution in [3.8, 4) is 0 Å². The number of rotatable bonds is 6. The van der Waals surface area contributed by atoms with Crippen molar-refractivity contribution < 1.29 is 9.53 Å². The predicted molar refractivity (Wildman–Crippen MR) is 106 cm³/mol. The summed E-state index contributed by atoms with van der Waals surface area (Å²) in [5.41, 5.74) is 3.50. The molecule has 0 bridgehead atoms. The number of esters is 1. The number of ether oxygens (including phenoxy) is 1. The van der Waals surface area contributed by atoms with Crippen molar-refractivity contribution in [2.24, 2.45) is 0 Å². The van der Waals surface area contributed by atoms with E-state index in [0.717, 1.165) is 43.3 Å². The molecular formula is C21H25ClN2O2. The average molecular weight is 373 g/mol. The number of anilines is 1. The van der Waals surface area contributed by atoms with Crippen molar-refractivity contribution in [2.45, 2.75) is 19.9 Å². The first-order valence-electron chi connectivity index (χ1n) is 9.10. The summed E-state index contributed by atoms with van der Waals surface area (Å²) in [5, 5.41) is 0.782. The maximum Gasteiger partial charge on any atom is 0.310 e. The molecule has 0 radical (unpaired) electrons. The quantitative estimate of drug-likeness (QED) is 0.723. The third-order valence-electron chi connectivity index (χ3n) is 4.65. The van der Waals surface area contributed by atoms with Crippen molar-refractivity contribution in [1.29, 1.82) is 0 Å². The van der Waals surface area contributed by atoms with Crippen molar-refractivity contribution >= 4 is 23.3 Å². The van der Waals surface area contributed by atoms with Crippen LogP contribution in [0, 0.1) is 0 Å². The number of hydrogen-bond acceptors (Lipinski definition) is 4. The highest BCUT2D eigenvalue weighted by molar-refractivity contribution is 6.30. The van der Waals surface area contributed by atoms with Gasteiger partial charge in [0.25, 0.3) is 0 Å². The highest BCUT2D eigenvalue weighted by Crippen LogP contribution is 2.19. The molecule has 5 heteroatoms. The predicted octanol–water partition coefficient (Wildman–Crippen LogP) is 3.77. The van der Waals surface area contributed by atoms with E-state index in [2.05, 4.69) is 34.1 Å². The first-order valence-corrected chi connectivity index (χ1v) is 9.48. The molecule has 0 unspecified atom stereocenters. The van der Waals surface area contributed by atoms with Gasteiger partial charge in [-0.05, 0) is 42.3 Å². The van der Waals surface area contributed by atoms with Crippen LogP contribution in [0.25, 0.3) is 0 Å². The largest absolute Gasteiger partial charge is 0.466 e. The Morgan fingerprint density at radius 3 is 2.19 bits per heavy atom. The van der Waals surface area contributed by atoms with Gasteiger partial charge in [0, 0.05) is 43.4 Å². The molecule has 1 saturated heterocycles. The molecule has 0 saturated carbocycles. The van der Waals surface area contributed by atoms with Crippen LogP contribution in [0.15, 0.2) is 48.5 Å². The monoisotopic (exact) mass is 372 g/mol. The molecule has 2 aromatic carbocycles. The summed E-state index contributed by atoms with van der Waals surface area (Å²) in [6.07, 6.45) is 0.336. The van der Waals surface area contributed by atoms with Gasteiger partial charge >= 0.3 is 5.97 Å². The summed E-state index contributed by atoms with van der Waals surface area (Å²) in [5.74, 6) is -0.170. The van der Waals surface area contributed by atoms with Crippen LogP contribution in [0.3, 0.4) is 0 Å². The van der Waals surface area contributed by atoms with Crippen LogP contribution in [0.2, 0.25) is 5.02 Å². The highest BCUT2D eigenvalue weighted by atomic mass is 35.5. The van der Waals surface area contributed by atoms with E-state index >= 15 is 0 Å². The van der Waals surface area contributed by atoms with E-state index in [0.29, 0.717) is 13.0 Å². The Hall–Kier alpha value is -2.04. The number of benzene rings is 2. The van der Waals surface area contributed by atoms with Gasteiger partial charge in [0.1, 0.15) is 0 Å². The average Bonchev–Trinajstić information content (AvgIpc) is 2.65. The first kappa shape index (κ1) is 18.7. The van der Waals surface area contributed by atoms with Gasteiger partial charge in [-0.25, -0.2) is 0 Å². The Balaban J connectivity index is 1.49. The van der Waals surface area contributed by atoms with Crippen LogP contribution < -0.4 is 4.90 Å². The second-order valence-corrected chi connectivity index (χ2v) is 6.97. The standard InChI is InChI=1S/C21H25ClN2O2/c1-2-26-21(25)15-17-5-9-20(10-6-17)24-13-11-23(12-14-24)16-18-3-7-19(22)8-4-18/h3-10H,2,11-16H2,1H3. The third kappa shape index (κ3) is 5.23. The number of carbonyl (C=O) groups is 1. The van der Waals surface area contributed by atoms with E-state index in [1.165, 1.54) is 11.3 Å². The van der Waals surface area contributed by atoms with E-state index < -0.39 is 0 Å². The maximum absolute atomic E-state index is 11.6. The van der Waals surface area contributed by atoms with Gasteiger partial charge in [-0.1, -0.05) is 35.9 Å². The number of halogens is 1. The first-order chi connectivity index (χ1) is 12.6. The topological polar surface area (TPSA) is 32.8 Å². The molecular weight excluding hydrogens is 348 g/mol. The molecule has 0 spiro atoms. The van der Waals surface area contributed by atoms with Crippen molar-refractivity contribution in [2.75, 3.05) is 37.7 Å². The lowest BCUT2D eigenvalue weighted by molar-refractivity contribution is -0.142. The Morgan fingerprint density at radius 1 is 0.962 bits per heavy atom. The maximum atomic E-state index is 11.6. The Labute approximate surface area is 160 Å². The van der Waals surface area contributed by atoms with Crippen LogP contribution in [-0.2, 0) is 22.5 Å². The minimum atomic E-state index is -0.170. The van der Waals surface area contributed by atoms with E-state index in [-0.39, 0.29) is 5.97 Å². The summed E-state index contributed by atoms with van der Waals surface area (Å²) in [4.78, 5) is 16.4. The summed E-state index contributed by atoms with van der Waals surface area (Å²) < 4.78 is 5.00. The van der Waals surface area contributed by atoms with Crippen molar-refractivity contribution in [3.05, 3.63) is 64.7 Å². The summed E-state index contributed by atoms with van der Waals surface area (Å²) in [6.45, 7) is 7.30. The summed E-state index contributed by atoms with van der Waals surface area (Å²) in [7, 11) is 0. The lowest BCUT2D eigenvalue weighted by Crippen LogP contribution is -2.45. The molecule has 138 valence electrons. The zero-order chi connectivity index (χ0) is 18.4. The number of carbonyl (C=O) groups excluding carboxylic acids is 1. The Kier molecular flexibility index (Phi) is 6.53. The second-order valence-electron chi connectivity index (χ2n) is 6.54. The third-order valence-corrected chi connectivity index (χ3v) is 4.90. The van der Waals surface area contributed by atoms with Crippen LogP contribution in [0.5, 0.6) is 0 Å². The van der Waals surface area contributed by atoms with Crippen LogP contribution >= 0.6 is 11.6 Å². The fourth-order valence-corrected chi connectivity index (χ4v) is 3.34. The summed E-state index contributed by atoms with van der Waals surface area (Å²) >= 11 is 5.95. The molecule has 0 N–H and O–H groups in total. The number of piperazine rings is 1. The highest BCUT2D eigenvalue weighted by Gasteiger charge is 2.17.